The van der Waals surface area contributed by atoms with Gasteiger partial charge in [0.05, 0.1) is 4.88 Å². The van der Waals surface area contributed by atoms with Crippen molar-refractivity contribution in [3.63, 3.8) is 0 Å². The molecule has 0 bridgehead atoms. The minimum atomic E-state index is -0.949. The van der Waals surface area contributed by atoms with Crippen LogP contribution in [0.4, 0.5) is 0 Å². The van der Waals surface area contributed by atoms with Crippen LogP contribution in [0.1, 0.15) is 14.5 Å². The van der Waals surface area contributed by atoms with Gasteiger partial charge in [-0.2, -0.15) is 0 Å². The molecule has 6 heteroatoms. The minimum absolute atomic E-state index is 0.243. The average Bonchev–Trinajstić information content (AvgIpc) is 2.83. The molecule has 0 aliphatic rings. The van der Waals surface area contributed by atoms with Gasteiger partial charge in [0, 0.05) is 4.47 Å². The Morgan fingerprint density at radius 3 is 2.75 bits per heavy atom. The third-order valence-corrected chi connectivity index (χ3v) is 4.66. The summed E-state index contributed by atoms with van der Waals surface area (Å²) >= 11 is 6.13. The summed E-state index contributed by atoms with van der Waals surface area (Å²) in [5, 5.41) is 12.6. The van der Waals surface area contributed by atoms with Crippen LogP contribution in [-0.2, 0) is 6.61 Å². The van der Waals surface area contributed by atoms with Crippen LogP contribution >= 0.6 is 38.6 Å². The molecule has 0 atom stereocenters. The topological polar surface area (TPSA) is 46.5 Å². The highest BCUT2D eigenvalue weighted by atomic mass is 79.9. The lowest BCUT2D eigenvalue weighted by Gasteiger charge is -2.03. The highest BCUT2D eigenvalue weighted by Gasteiger charge is 2.13. The summed E-state index contributed by atoms with van der Waals surface area (Å²) in [5.41, 5.74) is 0. The standard InChI is InChI=1S/C10H7BrO3S2/c11-6-1-3-15-8(6)5-14-7-2-4-16-9(7)10(12)13/h1-4H,5H2,(H,12,13). The quantitative estimate of drug-likeness (QED) is 0.931. The first-order valence-electron chi connectivity index (χ1n) is 4.34. The van der Waals surface area contributed by atoms with Crippen LogP contribution in [0.15, 0.2) is 27.4 Å². The first-order valence-corrected chi connectivity index (χ1v) is 6.89. The van der Waals surface area contributed by atoms with Gasteiger partial charge in [-0.1, -0.05) is 0 Å². The molecule has 0 spiro atoms. The first-order chi connectivity index (χ1) is 7.68. The second kappa shape index (κ2) is 4.99. The van der Waals surface area contributed by atoms with Crippen LogP contribution in [0.2, 0.25) is 0 Å². The molecule has 0 unspecified atom stereocenters. The number of hydrogen-bond donors (Lipinski definition) is 1. The summed E-state index contributed by atoms with van der Waals surface area (Å²) in [5.74, 6) is -0.520. The summed E-state index contributed by atoms with van der Waals surface area (Å²) in [6.45, 7) is 0.384. The number of rotatable bonds is 4. The number of aromatic carboxylic acids is 1. The Morgan fingerprint density at radius 2 is 2.12 bits per heavy atom. The smallest absolute Gasteiger partial charge is 0.349 e. The van der Waals surface area contributed by atoms with Crippen molar-refractivity contribution in [3.8, 4) is 5.75 Å². The van der Waals surface area contributed by atoms with Crippen LogP contribution in [0.3, 0.4) is 0 Å². The van der Waals surface area contributed by atoms with E-state index in [1.807, 2.05) is 11.4 Å². The van der Waals surface area contributed by atoms with E-state index in [9.17, 15) is 4.79 Å². The Bertz CT molecular complexity index is 504. The second-order valence-corrected chi connectivity index (χ2v) is 5.67. The molecule has 2 rings (SSSR count). The molecule has 0 fully saturated rings. The Labute approximate surface area is 108 Å². The summed E-state index contributed by atoms with van der Waals surface area (Å²) in [6, 6.07) is 3.62. The Balaban J connectivity index is 2.08. The molecule has 0 saturated carbocycles. The van der Waals surface area contributed by atoms with E-state index in [0.717, 1.165) is 9.35 Å². The zero-order valence-corrected chi connectivity index (χ0v) is 11.2. The molecule has 2 aromatic heterocycles. The van der Waals surface area contributed by atoms with Gasteiger partial charge in [0.2, 0.25) is 0 Å². The molecule has 1 N–H and O–H groups in total. The lowest BCUT2D eigenvalue weighted by molar-refractivity contribution is 0.0697. The SMILES string of the molecule is O=C(O)c1sccc1OCc1sccc1Br. The van der Waals surface area contributed by atoms with E-state index in [1.54, 1.807) is 22.8 Å². The molecule has 16 heavy (non-hydrogen) atoms. The maximum absolute atomic E-state index is 10.8. The molecule has 0 aliphatic heterocycles. The zero-order valence-electron chi connectivity index (χ0n) is 7.97. The summed E-state index contributed by atoms with van der Waals surface area (Å²) in [7, 11) is 0. The fourth-order valence-corrected chi connectivity index (χ4v) is 3.19. The van der Waals surface area contributed by atoms with Crippen LogP contribution in [0.25, 0.3) is 0 Å². The molecular formula is C10H7BrO3S2. The highest BCUT2D eigenvalue weighted by Crippen LogP contribution is 2.28. The molecular weight excluding hydrogens is 312 g/mol. The number of carbonyl (C=O) groups is 1. The van der Waals surface area contributed by atoms with E-state index in [0.29, 0.717) is 12.4 Å². The van der Waals surface area contributed by atoms with Gasteiger partial charge >= 0.3 is 5.97 Å². The van der Waals surface area contributed by atoms with Crippen molar-refractivity contribution in [2.75, 3.05) is 0 Å². The Hall–Kier alpha value is -0.850. The van der Waals surface area contributed by atoms with Gasteiger partial charge in [-0.15, -0.1) is 22.7 Å². The second-order valence-electron chi connectivity index (χ2n) is 2.90. The molecule has 0 aromatic carbocycles. The third-order valence-electron chi connectivity index (χ3n) is 1.87. The molecule has 0 amide bonds. The van der Waals surface area contributed by atoms with Gasteiger partial charge in [-0.25, -0.2) is 4.79 Å². The van der Waals surface area contributed by atoms with Crippen molar-refractivity contribution < 1.29 is 14.6 Å². The van der Waals surface area contributed by atoms with Gasteiger partial charge in [-0.05, 0) is 38.8 Å². The van der Waals surface area contributed by atoms with E-state index in [4.69, 9.17) is 9.84 Å². The largest absolute Gasteiger partial charge is 0.486 e. The van der Waals surface area contributed by atoms with E-state index in [2.05, 4.69) is 15.9 Å². The molecule has 0 radical (unpaired) electrons. The molecule has 84 valence electrons. The van der Waals surface area contributed by atoms with E-state index in [-0.39, 0.29) is 4.88 Å². The van der Waals surface area contributed by atoms with Crippen LogP contribution < -0.4 is 4.74 Å². The third kappa shape index (κ3) is 2.45. The van der Waals surface area contributed by atoms with Gasteiger partial charge in [0.15, 0.2) is 4.88 Å². The lowest BCUT2D eigenvalue weighted by atomic mass is 10.4. The number of ether oxygens (including phenoxy) is 1. The fraction of sp³-hybridized carbons (Fsp3) is 0.100. The number of carboxylic acid groups (broad SMARTS) is 1. The Kier molecular flexibility index (Phi) is 3.63. The summed E-state index contributed by atoms with van der Waals surface area (Å²) < 4.78 is 6.46. The zero-order chi connectivity index (χ0) is 11.5. The number of hydrogen-bond acceptors (Lipinski definition) is 4. The Morgan fingerprint density at radius 1 is 1.38 bits per heavy atom. The van der Waals surface area contributed by atoms with Crippen LogP contribution in [0, 0.1) is 0 Å². The van der Waals surface area contributed by atoms with Gasteiger partial charge in [0.25, 0.3) is 0 Å². The van der Waals surface area contributed by atoms with Gasteiger partial charge < -0.3 is 9.84 Å². The summed E-state index contributed by atoms with van der Waals surface area (Å²) in [6.07, 6.45) is 0. The van der Waals surface area contributed by atoms with E-state index < -0.39 is 5.97 Å². The molecule has 2 aromatic rings. The molecule has 3 nitrogen and oxygen atoms in total. The highest BCUT2D eigenvalue weighted by molar-refractivity contribution is 9.10. The first kappa shape index (κ1) is 11.6. The average molecular weight is 319 g/mol. The van der Waals surface area contributed by atoms with E-state index in [1.165, 1.54) is 11.3 Å². The van der Waals surface area contributed by atoms with Crippen molar-refractivity contribution in [1.29, 1.82) is 0 Å². The number of thiophene rings is 2. The fourth-order valence-electron chi connectivity index (χ4n) is 1.14. The monoisotopic (exact) mass is 318 g/mol. The van der Waals surface area contributed by atoms with Crippen LogP contribution in [0.5, 0.6) is 5.75 Å². The maximum atomic E-state index is 10.8. The van der Waals surface area contributed by atoms with Crippen LogP contribution in [-0.4, -0.2) is 11.1 Å². The van der Waals surface area contributed by atoms with Gasteiger partial charge in [0.1, 0.15) is 12.4 Å². The van der Waals surface area contributed by atoms with Crippen molar-refractivity contribution in [1.82, 2.24) is 0 Å². The predicted octanol–water partition coefficient (Wildman–Crippen LogP) is 3.85. The van der Waals surface area contributed by atoms with Crippen molar-refractivity contribution >= 4 is 44.6 Å². The molecule has 0 saturated heterocycles. The number of halogens is 1. The van der Waals surface area contributed by atoms with Gasteiger partial charge in [-0.3, -0.25) is 0 Å². The van der Waals surface area contributed by atoms with Crippen molar-refractivity contribution in [2.45, 2.75) is 6.61 Å². The van der Waals surface area contributed by atoms with E-state index >= 15 is 0 Å². The maximum Gasteiger partial charge on any atom is 0.349 e. The number of carboxylic acids is 1. The van der Waals surface area contributed by atoms with Crippen molar-refractivity contribution in [2.24, 2.45) is 0 Å². The lowest BCUT2D eigenvalue weighted by Crippen LogP contribution is -1.99. The summed E-state index contributed by atoms with van der Waals surface area (Å²) in [4.78, 5) is 12.1. The van der Waals surface area contributed by atoms with Crippen molar-refractivity contribution in [3.05, 3.63) is 37.1 Å². The predicted molar refractivity (Wildman–Crippen MR) is 67.6 cm³/mol. The molecule has 0 aliphatic carbocycles. The normalized spacial score (nSPS) is 10.3. The minimum Gasteiger partial charge on any atom is -0.486 e. The molecule has 2 heterocycles.